The number of nitrogens with one attached hydrogen (secondary N) is 4. The quantitative estimate of drug-likeness (QED) is 0.0890. The Morgan fingerprint density at radius 2 is 1.29 bits per heavy atom. The first kappa shape index (κ1) is 42.1. The van der Waals surface area contributed by atoms with E-state index in [9.17, 15) is 29.1 Å². The van der Waals surface area contributed by atoms with Crippen LogP contribution >= 0.6 is 0 Å². The van der Waals surface area contributed by atoms with Gasteiger partial charge in [0.15, 0.2) is 6.04 Å². The normalized spacial score (nSPS) is 20.2. The van der Waals surface area contributed by atoms with Gasteiger partial charge in [-0.25, -0.2) is 15.5 Å². The van der Waals surface area contributed by atoms with Crippen molar-refractivity contribution in [2.45, 2.75) is 143 Å². The molecule has 2 atom stereocenters. The van der Waals surface area contributed by atoms with Gasteiger partial charge in [-0.15, -0.1) is 0 Å². The average Bonchev–Trinajstić information content (AvgIpc) is 3.44. The summed E-state index contributed by atoms with van der Waals surface area (Å²) in [7, 11) is 0. The second-order valence-corrected chi connectivity index (χ2v) is 16.9. The van der Waals surface area contributed by atoms with Gasteiger partial charge in [0.1, 0.15) is 11.8 Å². The summed E-state index contributed by atoms with van der Waals surface area (Å²) in [5.41, 5.74) is 6.34. The SMILES string of the molecule is CC(C)N1c2cc(NC(=O)CCCC(=O)NO)c(C3=C(O)/C(=c4/cc5c(cc4NC(=O)CCCC(=O)NO)=[N+](C(C)C)C(C)C5(C)C)C3=O)cc2C(C)(C)C1C. The number of amides is 4. The molecule has 0 spiro atoms. The molecule has 2 aromatic rings. The van der Waals surface area contributed by atoms with Gasteiger partial charge in [0.2, 0.25) is 34.8 Å². The lowest BCUT2D eigenvalue weighted by molar-refractivity contribution is -0.130. The molecule has 0 saturated heterocycles. The zero-order valence-electron chi connectivity index (χ0n) is 34.1. The number of benzene rings is 2. The maximum Gasteiger partial charge on any atom is 0.243 e. The number of anilines is 3. The Hall–Kier alpha value is -5.08. The van der Waals surface area contributed by atoms with Crippen molar-refractivity contribution in [3.8, 4) is 0 Å². The van der Waals surface area contributed by atoms with Crippen LogP contribution in [-0.4, -0.2) is 69.1 Å². The first-order valence-electron chi connectivity index (χ1n) is 19.4. The highest BCUT2D eigenvalue weighted by Crippen LogP contribution is 2.51. The fourth-order valence-electron chi connectivity index (χ4n) is 8.53. The summed E-state index contributed by atoms with van der Waals surface area (Å²) in [6, 6.07) is 7.83. The second-order valence-electron chi connectivity index (χ2n) is 16.9. The van der Waals surface area contributed by atoms with Crippen LogP contribution in [0.3, 0.4) is 0 Å². The van der Waals surface area contributed by atoms with Gasteiger partial charge in [-0.3, -0.25) is 34.4 Å². The van der Waals surface area contributed by atoms with Crippen molar-refractivity contribution < 1.29 is 39.5 Å². The molecule has 0 radical (unpaired) electrons. The van der Waals surface area contributed by atoms with E-state index in [1.165, 1.54) is 0 Å². The second kappa shape index (κ2) is 15.8. The van der Waals surface area contributed by atoms with E-state index < -0.39 is 29.4 Å². The number of fused-ring (bicyclic) bond motifs is 2. The van der Waals surface area contributed by atoms with Crippen molar-refractivity contribution in [2.24, 2.45) is 0 Å². The van der Waals surface area contributed by atoms with Gasteiger partial charge in [0, 0.05) is 71.3 Å². The Labute approximate surface area is 327 Å². The number of hydrogen-bond donors (Lipinski definition) is 7. The van der Waals surface area contributed by atoms with Crippen LogP contribution in [0, 0.1) is 0 Å². The van der Waals surface area contributed by atoms with Crippen LogP contribution in [0.25, 0.3) is 11.1 Å². The molecule has 14 nitrogen and oxygen atoms in total. The monoisotopic (exact) mass is 773 g/mol. The molecule has 0 bridgehead atoms. The van der Waals surface area contributed by atoms with E-state index in [0.717, 1.165) is 22.2 Å². The van der Waals surface area contributed by atoms with Crippen molar-refractivity contribution in [1.29, 1.82) is 0 Å². The standard InChI is InChI=1S/C42H56N6O8/c1-21(2)47-23(5)41(7,8)27-17-25(29(19-31(27)47)43-33(49)13-11-15-35(51)45-55)37-39(53)38(40(37)54)26-18-28-32(48(22(3)4)24(6)42(28,9)10)20-30(26)44-34(50)14-12-16-36(52)46-56/h17-24H,11-16H2,1-10H3,(H6,43,44,45,46,49,50,51,52,53,54,55,56)/p+1. The molecule has 5 rings (SSSR count). The topological polar surface area (TPSA) is 200 Å². The number of carbonyl (C=O) groups excluding carboxylic acids is 5. The van der Waals surface area contributed by atoms with Gasteiger partial charge in [-0.2, -0.15) is 0 Å². The van der Waals surface area contributed by atoms with Gasteiger partial charge >= 0.3 is 0 Å². The van der Waals surface area contributed by atoms with Crippen molar-refractivity contribution in [1.82, 2.24) is 15.5 Å². The van der Waals surface area contributed by atoms with Gasteiger partial charge in [-0.05, 0) is 92.0 Å². The minimum absolute atomic E-state index is 0.0272. The fraction of sp³-hybridized carbons (Fsp3) is 0.524. The molecule has 2 heterocycles. The summed E-state index contributed by atoms with van der Waals surface area (Å²) in [5, 5.41) is 36.9. The molecule has 0 fully saturated rings. The first-order valence-corrected chi connectivity index (χ1v) is 19.4. The molecule has 302 valence electrons. The number of nitrogens with zero attached hydrogens (tertiary/aromatic N) is 2. The largest absolute Gasteiger partial charge is 0.506 e. The molecular weight excluding hydrogens is 716 g/mol. The number of ketones is 1. The molecule has 3 aliphatic rings. The Balaban J connectivity index is 1.70. The molecule has 1 aliphatic carbocycles. The summed E-state index contributed by atoms with van der Waals surface area (Å²) in [4.78, 5) is 66.6. The lowest BCUT2D eigenvalue weighted by atomic mass is 9.76. The Kier molecular flexibility index (Phi) is 11.9. The minimum atomic E-state index is -0.607. The molecular formula is C42H57N6O8+. The van der Waals surface area contributed by atoms with Gasteiger partial charge in [-0.1, -0.05) is 13.8 Å². The third-order valence-electron chi connectivity index (χ3n) is 12.1. The molecule has 2 unspecified atom stereocenters. The van der Waals surface area contributed by atoms with Crippen molar-refractivity contribution in [3.63, 3.8) is 0 Å². The lowest BCUT2D eigenvalue weighted by Gasteiger charge is -2.34. The zero-order chi connectivity index (χ0) is 41.6. The summed E-state index contributed by atoms with van der Waals surface area (Å²) >= 11 is 0. The summed E-state index contributed by atoms with van der Waals surface area (Å²) in [6.45, 7) is 21.1. The van der Waals surface area contributed by atoms with Crippen molar-refractivity contribution >= 4 is 57.6 Å². The van der Waals surface area contributed by atoms with Crippen LogP contribution < -0.4 is 41.6 Å². The van der Waals surface area contributed by atoms with E-state index in [0.29, 0.717) is 22.2 Å². The number of carbonyl (C=O) groups is 5. The zero-order valence-corrected chi connectivity index (χ0v) is 34.1. The van der Waals surface area contributed by atoms with Crippen LogP contribution in [0.15, 0.2) is 30.0 Å². The number of aliphatic hydroxyl groups is 1. The molecule has 7 N–H and O–H groups in total. The van der Waals surface area contributed by atoms with Crippen molar-refractivity contribution in [2.75, 3.05) is 15.5 Å². The average molecular weight is 774 g/mol. The van der Waals surface area contributed by atoms with E-state index in [2.05, 4.69) is 89.3 Å². The van der Waals surface area contributed by atoms with Crippen LogP contribution in [0.4, 0.5) is 17.1 Å². The summed E-state index contributed by atoms with van der Waals surface area (Å²) < 4.78 is 2.27. The maximum absolute atomic E-state index is 14.6. The number of allylic oxidation sites excluding steroid dienone is 2. The van der Waals surface area contributed by atoms with E-state index in [-0.39, 0.29) is 90.4 Å². The number of Topliss-reactive ketones (excluding diaryl/α,β-unsaturated/α-hetero) is 1. The number of aliphatic hydroxyl groups excluding tert-OH is 1. The molecule has 0 saturated carbocycles. The molecule has 2 aliphatic heterocycles. The third kappa shape index (κ3) is 7.43. The van der Waals surface area contributed by atoms with E-state index in [1.807, 2.05) is 24.3 Å². The molecule has 56 heavy (non-hydrogen) atoms. The molecule has 0 aromatic heterocycles. The van der Waals surface area contributed by atoms with Crippen molar-refractivity contribution in [3.05, 3.63) is 57.3 Å². The summed E-state index contributed by atoms with van der Waals surface area (Å²) in [5.74, 6) is -2.75. The highest BCUT2D eigenvalue weighted by molar-refractivity contribution is 6.52. The van der Waals surface area contributed by atoms with Crippen LogP contribution in [0.5, 0.6) is 0 Å². The van der Waals surface area contributed by atoms with Gasteiger partial charge < -0.3 is 20.6 Å². The van der Waals surface area contributed by atoms with Crippen LogP contribution in [0.2, 0.25) is 0 Å². The van der Waals surface area contributed by atoms with Gasteiger partial charge in [0.25, 0.3) is 0 Å². The maximum atomic E-state index is 14.6. The fourth-order valence-corrected chi connectivity index (χ4v) is 8.53. The highest BCUT2D eigenvalue weighted by Gasteiger charge is 2.48. The first-order chi connectivity index (χ1) is 26.2. The van der Waals surface area contributed by atoms with E-state index in [4.69, 9.17) is 10.4 Å². The summed E-state index contributed by atoms with van der Waals surface area (Å²) in [6.07, 6.45) is 0.185. The van der Waals surface area contributed by atoms with E-state index in [1.54, 1.807) is 11.0 Å². The van der Waals surface area contributed by atoms with Gasteiger partial charge in [0.05, 0.1) is 27.9 Å². The number of hydrogen-bond acceptors (Lipinski definition) is 9. The van der Waals surface area contributed by atoms with Crippen LogP contribution in [0.1, 0.15) is 124 Å². The Bertz CT molecular complexity index is 2150. The predicted octanol–water partition coefficient (Wildman–Crippen LogP) is 4.09. The number of rotatable bonds is 13. The third-order valence-corrected chi connectivity index (χ3v) is 12.1. The molecule has 4 amide bonds. The Morgan fingerprint density at radius 1 is 0.750 bits per heavy atom. The lowest BCUT2D eigenvalue weighted by Crippen LogP contribution is -2.42. The molecule has 14 heteroatoms. The predicted molar refractivity (Wildman–Crippen MR) is 214 cm³/mol. The number of hydroxylamine groups is 2. The van der Waals surface area contributed by atoms with Crippen LogP contribution in [-0.2, 0) is 34.8 Å². The van der Waals surface area contributed by atoms with E-state index >= 15 is 0 Å². The minimum Gasteiger partial charge on any atom is -0.506 e. The Morgan fingerprint density at radius 3 is 1.79 bits per heavy atom. The smallest absolute Gasteiger partial charge is 0.243 e. The molecule has 2 aromatic carbocycles. The highest BCUT2D eigenvalue weighted by atomic mass is 16.5.